The Hall–Kier alpha value is -3.62. The quantitative estimate of drug-likeness (QED) is 0.654. The van der Waals surface area contributed by atoms with E-state index in [1.807, 2.05) is 0 Å². The average Bonchev–Trinajstić information content (AvgIpc) is 2.62. The van der Waals surface area contributed by atoms with Crippen molar-refractivity contribution in [3.05, 3.63) is 86.1 Å². The zero-order chi connectivity index (χ0) is 21.3. The Balaban J connectivity index is 2.18. The van der Waals surface area contributed by atoms with E-state index in [2.05, 4.69) is 9.98 Å². The molecular weight excluding hydrogens is 387 g/mol. The SMILES string of the molecule is CC(=Nc1cccc(C(F)(F)F)c1)c1c(O)n(-c2ccccc2C)c(=O)[nH]c1=O. The molecule has 0 aliphatic heterocycles. The Morgan fingerprint density at radius 2 is 1.79 bits per heavy atom. The van der Waals surface area contributed by atoms with E-state index in [1.54, 1.807) is 31.2 Å². The summed E-state index contributed by atoms with van der Waals surface area (Å²) in [5.74, 6) is -0.652. The van der Waals surface area contributed by atoms with Gasteiger partial charge in [0.1, 0.15) is 5.56 Å². The average molecular weight is 403 g/mol. The summed E-state index contributed by atoms with van der Waals surface area (Å²) in [6, 6.07) is 10.9. The maximum atomic E-state index is 12.9. The van der Waals surface area contributed by atoms with Crippen LogP contribution in [0.15, 0.2) is 63.1 Å². The lowest BCUT2D eigenvalue weighted by Gasteiger charge is -2.13. The third-order valence-electron chi connectivity index (χ3n) is 4.27. The molecule has 0 aliphatic rings. The fourth-order valence-corrected chi connectivity index (χ4v) is 2.89. The number of aromatic amines is 1. The maximum Gasteiger partial charge on any atom is 0.416 e. The molecule has 0 amide bonds. The van der Waals surface area contributed by atoms with Gasteiger partial charge in [-0.1, -0.05) is 24.3 Å². The van der Waals surface area contributed by atoms with Crippen LogP contribution in [0.2, 0.25) is 0 Å². The summed E-state index contributed by atoms with van der Waals surface area (Å²) in [7, 11) is 0. The Morgan fingerprint density at radius 1 is 1.10 bits per heavy atom. The number of nitrogens with one attached hydrogen (secondary N) is 1. The number of aliphatic imine (C=N–C) groups is 1. The van der Waals surface area contributed by atoms with Crippen molar-refractivity contribution in [2.24, 2.45) is 4.99 Å². The van der Waals surface area contributed by atoms with Gasteiger partial charge in [0.25, 0.3) is 5.56 Å². The van der Waals surface area contributed by atoms with Crippen molar-refractivity contribution in [3.8, 4) is 11.6 Å². The maximum absolute atomic E-state index is 12.9. The molecule has 0 saturated carbocycles. The smallest absolute Gasteiger partial charge is 0.416 e. The number of rotatable bonds is 3. The zero-order valence-corrected chi connectivity index (χ0v) is 15.4. The minimum Gasteiger partial charge on any atom is -0.493 e. The Morgan fingerprint density at radius 3 is 2.45 bits per heavy atom. The van der Waals surface area contributed by atoms with Gasteiger partial charge in [0, 0.05) is 0 Å². The summed E-state index contributed by atoms with van der Waals surface area (Å²) in [5, 5.41) is 10.6. The first-order valence-corrected chi connectivity index (χ1v) is 8.47. The molecule has 6 nitrogen and oxygen atoms in total. The van der Waals surface area contributed by atoms with Crippen LogP contribution in [-0.4, -0.2) is 20.4 Å². The first kappa shape index (κ1) is 20.1. The number of hydrogen-bond acceptors (Lipinski definition) is 4. The molecule has 1 aromatic heterocycles. The molecule has 3 aromatic rings. The molecule has 0 saturated heterocycles. The lowest BCUT2D eigenvalue weighted by Crippen LogP contribution is -2.33. The van der Waals surface area contributed by atoms with Crippen molar-refractivity contribution in [1.29, 1.82) is 0 Å². The number of aromatic nitrogens is 2. The van der Waals surface area contributed by atoms with Gasteiger partial charge in [0.15, 0.2) is 0 Å². The highest BCUT2D eigenvalue weighted by atomic mass is 19.4. The normalized spacial score (nSPS) is 12.2. The molecule has 3 rings (SSSR count). The van der Waals surface area contributed by atoms with Gasteiger partial charge in [-0.25, -0.2) is 9.36 Å². The van der Waals surface area contributed by atoms with Gasteiger partial charge in [-0.3, -0.25) is 14.8 Å². The number of para-hydroxylation sites is 1. The van der Waals surface area contributed by atoms with Crippen molar-refractivity contribution in [2.75, 3.05) is 0 Å². The highest BCUT2D eigenvalue weighted by Crippen LogP contribution is 2.31. The van der Waals surface area contributed by atoms with Crippen molar-refractivity contribution in [3.63, 3.8) is 0 Å². The van der Waals surface area contributed by atoms with Gasteiger partial charge in [0.05, 0.1) is 22.6 Å². The number of nitrogens with zero attached hydrogens (tertiary/aromatic N) is 2. The number of aromatic hydroxyl groups is 1. The van der Waals surface area contributed by atoms with Crippen molar-refractivity contribution >= 4 is 11.4 Å². The molecular formula is C20H16F3N3O3. The monoisotopic (exact) mass is 403 g/mol. The van der Waals surface area contributed by atoms with Gasteiger partial charge in [-0.15, -0.1) is 0 Å². The number of H-pyrrole nitrogens is 1. The van der Waals surface area contributed by atoms with E-state index in [0.717, 1.165) is 16.7 Å². The molecule has 0 aliphatic carbocycles. The van der Waals surface area contributed by atoms with Gasteiger partial charge in [-0.05, 0) is 43.7 Å². The molecule has 2 aromatic carbocycles. The highest BCUT2D eigenvalue weighted by Gasteiger charge is 2.30. The van der Waals surface area contributed by atoms with E-state index in [9.17, 15) is 27.9 Å². The van der Waals surface area contributed by atoms with Crippen molar-refractivity contribution < 1.29 is 18.3 Å². The molecule has 0 fully saturated rings. The van der Waals surface area contributed by atoms with Crippen LogP contribution in [0.1, 0.15) is 23.6 Å². The van der Waals surface area contributed by atoms with Gasteiger partial charge in [-0.2, -0.15) is 13.2 Å². The standard InChI is InChI=1S/C20H16F3N3O3/c1-11-6-3-4-9-15(11)26-18(28)16(17(27)25-19(26)29)12(2)24-14-8-5-7-13(10-14)20(21,22)23/h3-10,28H,1-2H3,(H,25,27,29). The highest BCUT2D eigenvalue weighted by molar-refractivity contribution is 6.01. The third-order valence-corrected chi connectivity index (χ3v) is 4.27. The first-order chi connectivity index (χ1) is 13.6. The van der Waals surface area contributed by atoms with E-state index in [0.29, 0.717) is 11.3 Å². The van der Waals surface area contributed by atoms with Crippen LogP contribution in [0, 0.1) is 6.92 Å². The van der Waals surface area contributed by atoms with E-state index >= 15 is 0 Å². The lowest BCUT2D eigenvalue weighted by atomic mass is 10.1. The van der Waals surface area contributed by atoms with Gasteiger partial charge >= 0.3 is 11.9 Å². The minimum absolute atomic E-state index is 0.0505. The lowest BCUT2D eigenvalue weighted by molar-refractivity contribution is -0.137. The fourth-order valence-electron chi connectivity index (χ4n) is 2.89. The molecule has 1 heterocycles. The molecule has 0 atom stereocenters. The number of alkyl halides is 3. The topological polar surface area (TPSA) is 87.4 Å². The number of aryl methyl sites for hydroxylation is 1. The number of hydrogen-bond donors (Lipinski definition) is 2. The zero-order valence-electron chi connectivity index (χ0n) is 15.4. The second-order valence-corrected chi connectivity index (χ2v) is 6.33. The Labute approximate surface area is 162 Å². The summed E-state index contributed by atoms with van der Waals surface area (Å²) in [6.07, 6.45) is -4.54. The van der Waals surface area contributed by atoms with Crippen molar-refractivity contribution in [1.82, 2.24) is 9.55 Å². The molecule has 150 valence electrons. The third kappa shape index (κ3) is 3.98. The minimum atomic E-state index is -4.54. The summed E-state index contributed by atoms with van der Waals surface area (Å²) in [6.45, 7) is 3.08. The Kier molecular flexibility index (Phi) is 5.15. The van der Waals surface area contributed by atoms with E-state index < -0.39 is 28.9 Å². The van der Waals surface area contributed by atoms with Crippen molar-refractivity contribution in [2.45, 2.75) is 20.0 Å². The summed E-state index contributed by atoms with van der Waals surface area (Å²) < 4.78 is 39.6. The molecule has 29 heavy (non-hydrogen) atoms. The number of halogens is 3. The summed E-state index contributed by atoms with van der Waals surface area (Å²) in [5.41, 5.74) is -2.05. The van der Waals surface area contributed by atoms with Gasteiger partial charge in [0.2, 0.25) is 5.88 Å². The largest absolute Gasteiger partial charge is 0.493 e. The van der Waals surface area contributed by atoms with Crippen LogP contribution in [0.5, 0.6) is 5.88 Å². The van der Waals surface area contributed by atoms with Crippen LogP contribution < -0.4 is 11.2 Å². The summed E-state index contributed by atoms with van der Waals surface area (Å²) >= 11 is 0. The number of benzene rings is 2. The second-order valence-electron chi connectivity index (χ2n) is 6.33. The molecule has 2 N–H and O–H groups in total. The van der Waals surface area contributed by atoms with Crippen LogP contribution >= 0.6 is 0 Å². The van der Waals surface area contributed by atoms with E-state index in [4.69, 9.17) is 0 Å². The molecule has 0 spiro atoms. The van der Waals surface area contributed by atoms with Crippen LogP contribution in [0.3, 0.4) is 0 Å². The molecule has 0 unspecified atom stereocenters. The van der Waals surface area contributed by atoms with Gasteiger partial charge < -0.3 is 5.11 Å². The second kappa shape index (κ2) is 7.42. The first-order valence-electron chi connectivity index (χ1n) is 8.47. The van der Waals surface area contributed by atoms with E-state index in [1.165, 1.54) is 19.1 Å². The molecule has 0 bridgehead atoms. The van der Waals surface area contributed by atoms with Crippen LogP contribution in [0.25, 0.3) is 5.69 Å². The van der Waals surface area contributed by atoms with Crippen LogP contribution in [-0.2, 0) is 6.18 Å². The molecule has 9 heteroatoms. The van der Waals surface area contributed by atoms with E-state index in [-0.39, 0.29) is 17.0 Å². The van der Waals surface area contributed by atoms with Crippen LogP contribution in [0.4, 0.5) is 18.9 Å². The summed E-state index contributed by atoms with van der Waals surface area (Å²) in [4.78, 5) is 30.7. The predicted octanol–water partition coefficient (Wildman–Crippen LogP) is 3.70. The Bertz CT molecular complexity index is 1220. The molecule has 0 radical (unpaired) electrons. The predicted molar refractivity (Wildman–Crippen MR) is 102 cm³/mol. The fraction of sp³-hybridized carbons (Fsp3) is 0.150.